The number of carbonyl (C=O) groups is 1. The molecule has 7 nitrogen and oxygen atoms in total. The molecule has 2 aromatic rings. The van der Waals surface area contributed by atoms with E-state index >= 15 is 0 Å². The quantitative estimate of drug-likeness (QED) is 0.605. The van der Waals surface area contributed by atoms with E-state index in [-0.39, 0.29) is 17.2 Å². The van der Waals surface area contributed by atoms with Gasteiger partial charge < -0.3 is 14.8 Å². The molecular weight excluding hydrogens is 448 g/mol. The third-order valence-corrected chi connectivity index (χ3v) is 6.55. The molecule has 0 heterocycles. The number of halogens is 1. The number of amides is 1. The summed E-state index contributed by atoms with van der Waals surface area (Å²) < 4.78 is 38.3. The Balaban J connectivity index is 2.17. The highest BCUT2D eigenvalue weighted by Crippen LogP contribution is 2.29. The van der Waals surface area contributed by atoms with E-state index in [4.69, 9.17) is 9.47 Å². The summed E-state index contributed by atoms with van der Waals surface area (Å²) in [4.78, 5) is 12.4. The van der Waals surface area contributed by atoms with E-state index in [1.165, 1.54) is 29.6 Å². The number of methoxy groups -OCH3 is 1. The van der Waals surface area contributed by atoms with Crippen LogP contribution >= 0.6 is 15.9 Å². The van der Waals surface area contributed by atoms with Gasteiger partial charge in [0.25, 0.3) is 5.91 Å². The average molecular weight is 471 g/mol. The van der Waals surface area contributed by atoms with Gasteiger partial charge >= 0.3 is 0 Å². The number of anilines is 1. The highest BCUT2D eigenvalue weighted by molar-refractivity contribution is 9.10. The predicted molar refractivity (Wildman–Crippen MR) is 111 cm³/mol. The lowest BCUT2D eigenvalue weighted by molar-refractivity contribution is -0.118. The second kappa shape index (κ2) is 9.90. The summed E-state index contributed by atoms with van der Waals surface area (Å²) in [5.41, 5.74) is 0.264. The highest BCUT2D eigenvalue weighted by atomic mass is 79.9. The number of carbonyl (C=O) groups excluding carboxylic acids is 1. The second-order valence-corrected chi connectivity index (χ2v) is 8.60. The van der Waals surface area contributed by atoms with Crippen LogP contribution in [-0.4, -0.2) is 45.4 Å². The number of ether oxygens (including phenoxy) is 2. The lowest BCUT2D eigenvalue weighted by Gasteiger charge is -2.19. The van der Waals surface area contributed by atoms with E-state index in [2.05, 4.69) is 21.2 Å². The Morgan fingerprint density at radius 2 is 1.75 bits per heavy atom. The Morgan fingerprint density at radius 3 is 2.32 bits per heavy atom. The topological polar surface area (TPSA) is 84.9 Å². The molecule has 0 atom stereocenters. The van der Waals surface area contributed by atoms with Crippen LogP contribution in [0.4, 0.5) is 5.69 Å². The van der Waals surface area contributed by atoms with Crippen molar-refractivity contribution in [3.8, 4) is 11.5 Å². The molecule has 9 heteroatoms. The minimum Gasteiger partial charge on any atom is -0.495 e. The van der Waals surface area contributed by atoms with Crippen molar-refractivity contribution >= 4 is 37.5 Å². The van der Waals surface area contributed by atoms with Crippen LogP contribution in [0.25, 0.3) is 0 Å². The first-order chi connectivity index (χ1) is 13.3. The van der Waals surface area contributed by atoms with Gasteiger partial charge in [0.2, 0.25) is 10.0 Å². The maximum absolute atomic E-state index is 12.7. The third kappa shape index (κ3) is 5.46. The van der Waals surface area contributed by atoms with E-state index in [0.717, 1.165) is 4.47 Å². The number of benzene rings is 2. The molecule has 1 N–H and O–H groups in total. The SMILES string of the molecule is CCN(CC)S(=O)(=O)c1ccc(OC)c(NC(=O)COc2ccc(Br)cc2)c1. The van der Waals surface area contributed by atoms with Crippen molar-refractivity contribution in [2.75, 3.05) is 32.1 Å². The van der Waals surface area contributed by atoms with Gasteiger partial charge in [0.1, 0.15) is 11.5 Å². The number of hydrogen-bond acceptors (Lipinski definition) is 5. The van der Waals surface area contributed by atoms with Crippen molar-refractivity contribution in [1.29, 1.82) is 0 Å². The fourth-order valence-corrected chi connectivity index (χ4v) is 4.27. The van der Waals surface area contributed by atoms with Crippen molar-refractivity contribution in [2.24, 2.45) is 0 Å². The van der Waals surface area contributed by atoms with Crippen LogP contribution < -0.4 is 14.8 Å². The van der Waals surface area contributed by atoms with Crippen molar-refractivity contribution < 1.29 is 22.7 Å². The molecule has 0 saturated heterocycles. The molecule has 0 unspecified atom stereocenters. The summed E-state index contributed by atoms with van der Waals surface area (Å²) >= 11 is 3.33. The van der Waals surface area contributed by atoms with Gasteiger partial charge in [0, 0.05) is 17.6 Å². The summed E-state index contributed by atoms with van der Waals surface area (Å²) in [7, 11) is -2.21. The van der Waals surface area contributed by atoms with Gasteiger partial charge in [-0.2, -0.15) is 4.31 Å². The molecule has 2 rings (SSSR count). The minimum absolute atomic E-state index is 0.0844. The number of nitrogens with one attached hydrogen (secondary N) is 1. The molecule has 0 aromatic heterocycles. The largest absolute Gasteiger partial charge is 0.495 e. The summed E-state index contributed by atoms with van der Waals surface area (Å²) in [6.07, 6.45) is 0. The zero-order chi connectivity index (χ0) is 20.7. The zero-order valence-corrected chi connectivity index (χ0v) is 18.3. The van der Waals surface area contributed by atoms with Crippen LogP contribution in [0.2, 0.25) is 0 Å². The van der Waals surface area contributed by atoms with Crippen LogP contribution in [-0.2, 0) is 14.8 Å². The van der Waals surface area contributed by atoms with Crippen molar-refractivity contribution in [2.45, 2.75) is 18.7 Å². The summed E-state index contributed by atoms with van der Waals surface area (Å²) in [6.45, 7) is 4.03. The van der Waals surface area contributed by atoms with E-state index in [1.807, 2.05) is 0 Å². The Morgan fingerprint density at radius 1 is 1.11 bits per heavy atom. The third-order valence-electron chi connectivity index (χ3n) is 3.97. The molecule has 0 aliphatic heterocycles. The zero-order valence-electron chi connectivity index (χ0n) is 15.9. The first-order valence-corrected chi connectivity index (χ1v) is 10.9. The van der Waals surface area contributed by atoms with E-state index in [9.17, 15) is 13.2 Å². The summed E-state index contributed by atoms with van der Waals surface area (Å²) in [5.74, 6) is 0.470. The van der Waals surface area contributed by atoms with Gasteiger partial charge in [-0.1, -0.05) is 29.8 Å². The van der Waals surface area contributed by atoms with Crippen LogP contribution in [0.1, 0.15) is 13.8 Å². The summed E-state index contributed by atoms with van der Waals surface area (Å²) in [6, 6.07) is 11.4. The first-order valence-electron chi connectivity index (χ1n) is 8.68. The molecular formula is C19H23BrN2O5S. The van der Waals surface area contributed by atoms with Gasteiger partial charge in [-0.25, -0.2) is 8.42 Å². The van der Waals surface area contributed by atoms with Crippen LogP contribution in [0.15, 0.2) is 51.8 Å². The molecule has 0 bridgehead atoms. The average Bonchev–Trinajstić information content (AvgIpc) is 2.68. The number of nitrogens with zero attached hydrogens (tertiary/aromatic N) is 1. The molecule has 0 aliphatic carbocycles. The summed E-state index contributed by atoms with van der Waals surface area (Å²) in [5, 5.41) is 2.65. The molecule has 0 aliphatic rings. The second-order valence-electron chi connectivity index (χ2n) is 5.74. The van der Waals surface area contributed by atoms with Gasteiger partial charge in [0.05, 0.1) is 17.7 Å². The first kappa shape index (κ1) is 22.2. The predicted octanol–water partition coefficient (Wildman–Crippen LogP) is 3.51. The van der Waals surface area contributed by atoms with Crippen LogP contribution in [0.3, 0.4) is 0 Å². The highest BCUT2D eigenvalue weighted by Gasteiger charge is 2.23. The Hall–Kier alpha value is -2.10. The van der Waals surface area contributed by atoms with Crippen molar-refractivity contribution in [3.05, 3.63) is 46.9 Å². The maximum atomic E-state index is 12.7. The Kier molecular flexibility index (Phi) is 7.85. The Bertz CT molecular complexity index is 912. The molecule has 0 fully saturated rings. The van der Waals surface area contributed by atoms with Gasteiger partial charge in [-0.3, -0.25) is 4.79 Å². The number of sulfonamides is 1. The fraction of sp³-hybridized carbons (Fsp3) is 0.316. The van der Waals surface area contributed by atoms with Crippen LogP contribution in [0.5, 0.6) is 11.5 Å². The number of rotatable bonds is 9. The van der Waals surface area contributed by atoms with Crippen molar-refractivity contribution in [1.82, 2.24) is 4.31 Å². The lowest BCUT2D eigenvalue weighted by Crippen LogP contribution is -2.30. The monoisotopic (exact) mass is 470 g/mol. The molecule has 1 amide bonds. The molecule has 0 spiro atoms. The van der Waals surface area contributed by atoms with E-state index < -0.39 is 15.9 Å². The van der Waals surface area contributed by atoms with Gasteiger partial charge in [0.15, 0.2) is 6.61 Å². The standard InChI is InChI=1S/C19H23BrN2O5S/c1-4-22(5-2)28(24,25)16-10-11-18(26-3)17(12-16)21-19(23)13-27-15-8-6-14(20)7-9-15/h6-12H,4-5,13H2,1-3H3,(H,21,23). The smallest absolute Gasteiger partial charge is 0.262 e. The van der Waals surface area contributed by atoms with Gasteiger partial charge in [-0.15, -0.1) is 0 Å². The minimum atomic E-state index is -3.65. The molecule has 28 heavy (non-hydrogen) atoms. The molecule has 152 valence electrons. The van der Waals surface area contributed by atoms with E-state index in [1.54, 1.807) is 38.1 Å². The molecule has 0 saturated carbocycles. The maximum Gasteiger partial charge on any atom is 0.262 e. The van der Waals surface area contributed by atoms with Crippen molar-refractivity contribution in [3.63, 3.8) is 0 Å². The lowest BCUT2D eigenvalue weighted by atomic mass is 10.3. The molecule has 2 aromatic carbocycles. The van der Waals surface area contributed by atoms with E-state index in [0.29, 0.717) is 24.6 Å². The van der Waals surface area contributed by atoms with Crippen LogP contribution in [0, 0.1) is 0 Å². The normalized spacial score (nSPS) is 11.3. The number of hydrogen-bond donors (Lipinski definition) is 1. The van der Waals surface area contributed by atoms with Gasteiger partial charge in [-0.05, 0) is 42.5 Å². The fourth-order valence-electron chi connectivity index (χ4n) is 2.52. The molecule has 0 radical (unpaired) electrons. The Labute approximate surface area is 173 Å².